The Morgan fingerprint density at radius 1 is 1.50 bits per heavy atom. The van der Waals surface area contributed by atoms with E-state index in [0.717, 1.165) is 10.1 Å². The highest BCUT2D eigenvalue weighted by atomic mass is 79.9. The maximum atomic E-state index is 8.41. The first-order chi connectivity index (χ1) is 5.63. The molecule has 0 saturated heterocycles. The van der Waals surface area contributed by atoms with Crippen LogP contribution in [0.15, 0.2) is 34.9 Å². The highest BCUT2D eigenvalue weighted by Gasteiger charge is 1.97. The summed E-state index contributed by atoms with van der Waals surface area (Å²) in [4.78, 5) is 0. The third-order valence-corrected chi connectivity index (χ3v) is 2.04. The second-order valence-electron chi connectivity index (χ2n) is 1.77. The Morgan fingerprint density at radius 2 is 1.92 bits per heavy atom. The fourth-order valence-corrected chi connectivity index (χ4v) is 0.620. The van der Waals surface area contributed by atoms with Gasteiger partial charge in [-0.2, -0.15) is 5.26 Å². The van der Waals surface area contributed by atoms with Crippen molar-refractivity contribution in [3.8, 4) is 6.07 Å². The van der Waals surface area contributed by atoms with Crippen molar-refractivity contribution in [3.05, 3.63) is 34.9 Å². The smallest absolute Gasteiger partial charge is 0.0988 e. The Balaban J connectivity index is 0. The number of hydrogen-bond donors (Lipinski definition) is 0. The van der Waals surface area contributed by atoms with Gasteiger partial charge in [-0.15, -0.1) is 0 Å². The van der Waals surface area contributed by atoms with Gasteiger partial charge in [-0.05, 0) is 12.5 Å². The summed E-state index contributed by atoms with van der Waals surface area (Å²) in [5, 5.41) is 8.41. The van der Waals surface area contributed by atoms with Gasteiger partial charge in [-0.3, -0.25) is 0 Å². The molecule has 0 amide bonds. The van der Waals surface area contributed by atoms with Gasteiger partial charge in [0.25, 0.3) is 0 Å². The van der Waals surface area contributed by atoms with Crippen molar-refractivity contribution in [2.75, 3.05) is 0 Å². The number of nitrogens with zero attached hydrogens (tertiary/aromatic N) is 1. The molecule has 1 nitrogen and oxygen atoms in total. The van der Waals surface area contributed by atoms with Crippen LogP contribution in [-0.4, -0.2) is 0 Å². The molecule has 0 aliphatic carbocycles. The topological polar surface area (TPSA) is 23.8 Å². The zero-order chi connectivity index (χ0) is 10.1. The maximum Gasteiger partial charge on any atom is 0.0988 e. The van der Waals surface area contributed by atoms with E-state index >= 15 is 0 Å². The minimum absolute atomic E-state index is 0.465. The molecule has 12 heavy (non-hydrogen) atoms. The number of nitriles is 1. The van der Waals surface area contributed by atoms with E-state index in [9.17, 15) is 0 Å². The molecule has 0 aromatic carbocycles. The molecule has 0 spiro atoms. The van der Waals surface area contributed by atoms with Crippen LogP contribution in [0.3, 0.4) is 0 Å². The Labute approximate surface area is 83.2 Å². The van der Waals surface area contributed by atoms with E-state index in [1.165, 1.54) is 0 Å². The van der Waals surface area contributed by atoms with E-state index < -0.39 is 0 Å². The van der Waals surface area contributed by atoms with E-state index in [2.05, 4.69) is 29.1 Å². The molecular weight excluding hydrogens is 214 g/mol. The average Bonchev–Trinajstić information content (AvgIpc) is 2.17. The van der Waals surface area contributed by atoms with Gasteiger partial charge in [0, 0.05) is 10.1 Å². The SMILES string of the molecule is C=C/C(Br)=C(/C)C(=C)C#N.CC. The van der Waals surface area contributed by atoms with Crippen LogP contribution in [0, 0.1) is 11.3 Å². The Kier molecular flexibility index (Phi) is 9.50. The van der Waals surface area contributed by atoms with E-state index in [0.29, 0.717) is 5.57 Å². The third-order valence-electron chi connectivity index (χ3n) is 1.13. The lowest BCUT2D eigenvalue weighted by Crippen LogP contribution is -1.80. The van der Waals surface area contributed by atoms with Crippen LogP contribution in [0.5, 0.6) is 0 Å². The number of allylic oxidation sites excluding steroid dienone is 4. The molecule has 0 aliphatic heterocycles. The van der Waals surface area contributed by atoms with Gasteiger partial charge >= 0.3 is 0 Å². The highest BCUT2D eigenvalue weighted by molar-refractivity contribution is 9.11. The minimum atomic E-state index is 0.465. The second kappa shape index (κ2) is 8.29. The van der Waals surface area contributed by atoms with Crippen molar-refractivity contribution < 1.29 is 0 Å². The molecular formula is C10H14BrN. The van der Waals surface area contributed by atoms with Crippen LogP contribution in [0.1, 0.15) is 20.8 Å². The van der Waals surface area contributed by atoms with Crippen LogP contribution in [0.4, 0.5) is 0 Å². The first-order valence-corrected chi connectivity index (χ1v) is 4.51. The van der Waals surface area contributed by atoms with Crippen LogP contribution >= 0.6 is 15.9 Å². The summed E-state index contributed by atoms with van der Waals surface area (Å²) in [5.41, 5.74) is 1.30. The quantitative estimate of drug-likeness (QED) is 0.518. The van der Waals surface area contributed by atoms with E-state index in [4.69, 9.17) is 5.26 Å². The maximum absolute atomic E-state index is 8.41. The van der Waals surface area contributed by atoms with Crippen molar-refractivity contribution in [1.82, 2.24) is 0 Å². The lowest BCUT2D eigenvalue weighted by atomic mass is 10.1. The fraction of sp³-hybridized carbons (Fsp3) is 0.300. The summed E-state index contributed by atoms with van der Waals surface area (Å²) in [5.74, 6) is 0. The minimum Gasteiger partial charge on any atom is -0.192 e. The average molecular weight is 228 g/mol. The molecule has 0 unspecified atom stereocenters. The van der Waals surface area contributed by atoms with Gasteiger partial charge in [-0.25, -0.2) is 0 Å². The van der Waals surface area contributed by atoms with Crippen molar-refractivity contribution >= 4 is 15.9 Å². The zero-order valence-electron chi connectivity index (χ0n) is 7.82. The van der Waals surface area contributed by atoms with Gasteiger partial charge in [0.05, 0.1) is 6.07 Å². The summed E-state index contributed by atoms with van der Waals surface area (Å²) in [6.45, 7) is 12.9. The van der Waals surface area contributed by atoms with E-state index in [-0.39, 0.29) is 0 Å². The van der Waals surface area contributed by atoms with Crippen molar-refractivity contribution in [1.29, 1.82) is 5.26 Å². The zero-order valence-corrected chi connectivity index (χ0v) is 9.40. The summed E-state index contributed by atoms with van der Waals surface area (Å²) in [6, 6.07) is 1.95. The van der Waals surface area contributed by atoms with E-state index in [1.54, 1.807) is 6.08 Å². The Hall–Kier alpha value is -0.810. The Morgan fingerprint density at radius 3 is 2.17 bits per heavy atom. The highest BCUT2D eigenvalue weighted by Crippen LogP contribution is 2.17. The van der Waals surface area contributed by atoms with Crippen LogP contribution in [0.2, 0.25) is 0 Å². The molecule has 0 aromatic heterocycles. The third kappa shape index (κ3) is 4.92. The number of hydrogen-bond acceptors (Lipinski definition) is 1. The van der Waals surface area contributed by atoms with Crippen LogP contribution in [0.25, 0.3) is 0 Å². The Bertz CT molecular complexity index is 231. The summed E-state index contributed by atoms with van der Waals surface area (Å²) in [6.07, 6.45) is 1.64. The number of halogens is 1. The van der Waals surface area contributed by atoms with Crippen LogP contribution < -0.4 is 0 Å². The standard InChI is InChI=1S/C8H8BrN.C2H6/c1-4-8(9)7(3)6(2)5-10;1-2/h4H,1-2H2,3H3;1-2H3/b8-7+;. The fourth-order valence-electron chi connectivity index (χ4n) is 0.381. The second-order valence-corrected chi connectivity index (χ2v) is 2.62. The van der Waals surface area contributed by atoms with Crippen LogP contribution in [-0.2, 0) is 0 Å². The number of rotatable bonds is 2. The van der Waals surface area contributed by atoms with Gasteiger partial charge in [0.1, 0.15) is 0 Å². The first-order valence-electron chi connectivity index (χ1n) is 3.71. The molecule has 2 heteroatoms. The lowest BCUT2D eigenvalue weighted by molar-refractivity contribution is 1.41. The van der Waals surface area contributed by atoms with Gasteiger partial charge < -0.3 is 0 Å². The van der Waals surface area contributed by atoms with Gasteiger partial charge in [-0.1, -0.05) is 49.0 Å². The van der Waals surface area contributed by atoms with E-state index in [1.807, 2.05) is 26.8 Å². The van der Waals surface area contributed by atoms with Gasteiger partial charge in [0.2, 0.25) is 0 Å². The first kappa shape index (κ1) is 13.8. The molecule has 0 fully saturated rings. The lowest BCUT2D eigenvalue weighted by Gasteiger charge is -1.96. The predicted molar refractivity (Wildman–Crippen MR) is 57.9 cm³/mol. The monoisotopic (exact) mass is 227 g/mol. The normalized spacial score (nSPS) is 9.92. The summed E-state index contributed by atoms with van der Waals surface area (Å²) in [7, 11) is 0. The molecule has 0 aliphatic rings. The van der Waals surface area contributed by atoms with Gasteiger partial charge in [0.15, 0.2) is 0 Å². The molecule has 66 valence electrons. The molecule has 0 saturated carbocycles. The molecule has 0 heterocycles. The molecule has 0 N–H and O–H groups in total. The summed E-state index contributed by atoms with van der Waals surface area (Å²) >= 11 is 3.23. The molecule has 0 rings (SSSR count). The molecule has 0 aromatic rings. The van der Waals surface area contributed by atoms with Crippen molar-refractivity contribution in [3.63, 3.8) is 0 Å². The van der Waals surface area contributed by atoms with Crippen molar-refractivity contribution in [2.24, 2.45) is 0 Å². The predicted octanol–water partition coefficient (Wildman–Crippen LogP) is 3.95. The molecule has 0 atom stereocenters. The van der Waals surface area contributed by atoms with Crippen molar-refractivity contribution in [2.45, 2.75) is 20.8 Å². The molecule has 0 bridgehead atoms. The molecule has 0 radical (unpaired) electrons. The summed E-state index contributed by atoms with van der Waals surface area (Å²) < 4.78 is 0.819. The largest absolute Gasteiger partial charge is 0.192 e.